The van der Waals surface area contributed by atoms with E-state index >= 15 is 0 Å². The number of benzene rings is 2. The van der Waals surface area contributed by atoms with Crippen LogP contribution in [-0.4, -0.2) is 18.1 Å². The molecule has 21 heavy (non-hydrogen) atoms. The zero-order valence-electron chi connectivity index (χ0n) is 12.0. The predicted molar refractivity (Wildman–Crippen MR) is 90.1 cm³/mol. The lowest BCUT2D eigenvalue weighted by Gasteiger charge is -2.23. The number of nitrogens with two attached hydrogens (primary N) is 1. The molecule has 108 valence electrons. The molecule has 2 N–H and O–H groups in total. The Hall–Kier alpha value is -2.07. The minimum atomic E-state index is 0.448. The van der Waals surface area contributed by atoms with E-state index in [0.29, 0.717) is 11.6 Å². The third-order valence-electron chi connectivity index (χ3n) is 3.79. The summed E-state index contributed by atoms with van der Waals surface area (Å²) >= 11 is 5.07. The monoisotopic (exact) mass is 298 g/mol. The van der Waals surface area contributed by atoms with Crippen LogP contribution in [0.4, 0.5) is 5.69 Å². The van der Waals surface area contributed by atoms with Crippen molar-refractivity contribution in [1.82, 2.24) is 0 Å². The van der Waals surface area contributed by atoms with Gasteiger partial charge in [0.15, 0.2) is 0 Å². The van der Waals surface area contributed by atoms with Gasteiger partial charge in [-0.05, 0) is 36.8 Å². The molecule has 3 rings (SSSR count). The summed E-state index contributed by atoms with van der Waals surface area (Å²) < 4.78 is 5.81. The fourth-order valence-electron chi connectivity index (χ4n) is 2.67. The fourth-order valence-corrected chi connectivity index (χ4v) is 2.90. The highest BCUT2D eigenvalue weighted by Crippen LogP contribution is 2.27. The topological polar surface area (TPSA) is 38.5 Å². The van der Waals surface area contributed by atoms with E-state index in [9.17, 15) is 0 Å². The Morgan fingerprint density at radius 2 is 2.05 bits per heavy atom. The van der Waals surface area contributed by atoms with Gasteiger partial charge < -0.3 is 15.4 Å². The van der Waals surface area contributed by atoms with Crippen LogP contribution in [0.15, 0.2) is 42.5 Å². The SMILES string of the molecule is Cc1cc(N2CCOc3ccccc3C2)ccc1C(N)=S. The lowest BCUT2D eigenvalue weighted by Crippen LogP contribution is -2.25. The minimum absolute atomic E-state index is 0.448. The first-order chi connectivity index (χ1) is 10.1. The summed E-state index contributed by atoms with van der Waals surface area (Å²) in [6.45, 7) is 4.44. The number of para-hydroxylation sites is 1. The van der Waals surface area contributed by atoms with E-state index in [1.54, 1.807) is 0 Å². The summed E-state index contributed by atoms with van der Waals surface area (Å²) in [6, 6.07) is 14.4. The lowest BCUT2D eigenvalue weighted by molar-refractivity contribution is 0.331. The van der Waals surface area contributed by atoms with Crippen molar-refractivity contribution in [3.63, 3.8) is 0 Å². The molecule has 0 aliphatic carbocycles. The van der Waals surface area contributed by atoms with E-state index in [4.69, 9.17) is 22.7 Å². The Balaban J connectivity index is 1.91. The number of fused-ring (bicyclic) bond motifs is 1. The van der Waals surface area contributed by atoms with Gasteiger partial charge in [0.05, 0.1) is 6.54 Å². The van der Waals surface area contributed by atoms with Gasteiger partial charge in [0.25, 0.3) is 0 Å². The fraction of sp³-hybridized carbons (Fsp3) is 0.235. The molecule has 1 heterocycles. The Morgan fingerprint density at radius 3 is 2.81 bits per heavy atom. The number of anilines is 1. The zero-order valence-corrected chi connectivity index (χ0v) is 12.8. The summed E-state index contributed by atoms with van der Waals surface area (Å²) in [6.07, 6.45) is 0. The van der Waals surface area contributed by atoms with Crippen LogP contribution >= 0.6 is 12.2 Å². The summed E-state index contributed by atoms with van der Waals surface area (Å²) in [7, 11) is 0. The molecule has 4 heteroatoms. The predicted octanol–water partition coefficient (Wildman–Crippen LogP) is 3.03. The molecule has 3 nitrogen and oxygen atoms in total. The van der Waals surface area contributed by atoms with Crippen LogP contribution in [0.1, 0.15) is 16.7 Å². The van der Waals surface area contributed by atoms with Crippen molar-refractivity contribution < 1.29 is 4.74 Å². The van der Waals surface area contributed by atoms with Crippen molar-refractivity contribution >= 4 is 22.9 Å². The molecule has 0 bridgehead atoms. The van der Waals surface area contributed by atoms with Crippen molar-refractivity contribution in [3.05, 3.63) is 59.2 Å². The molecule has 0 saturated heterocycles. The van der Waals surface area contributed by atoms with E-state index in [-0.39, 0.29) is 0 Å². The van der Waals surface area contributed by atoms with Crippen LogP contribution in [0.2, 0.25) is 0 Å². The van der Waals surface area contributed by atoms with Gasteiger partial charge >= 0.3 is 0 Å². The zero-order chi connectivity index (χ0) is 14.8. The normalized spacial score (nSPS) is 14.0. The third kappa shape index (κ3) is 2.85. The number of hydrogen-bond acceptors (Lipinski definition) is 3. The number of hydrogen-bond donors (Lipinski definition) is 1. The molecule has 2 aromatic carbocycles. The Labute approximate surface area is 130 Å². The molecular formula is C17H18N2OS. The van der Waals surface area contributed by atoms with Crippen LogP contribution in [0, 0.1) is 6.92 Å². The average molecular weight is 298 g/mol. The highest BCUT2D eigenvalue weighted by molar-refractivity contribution is 7.80. The molecule has 0 fully saturated rings. The van der Waals surface area contributed by atoms with Gasteiger partial charge in [0, 0.05) is 23.4 Å². The standard InChI is InChI=1S/C17H18N2OS/c1-12-10-14(6-7-15(12)17(18)21)19-8-9-20-16-5-3-2-4-13(16)11-19/h2-7,10H,8-9,11H2,1H3,(H2,18,21). The first-order valence-corrected chi connectivity index (χ1v) is 7.42. The van der Waals surface area contributed by atoms with Gasteiger partial charge in [-0.2, -0.15) is 0 Å². The molecule has 0 aromatic heterocycles. The number of nitrogens with zero attached hydrogens (tertiary/aromatic N) is 1. The Morgan fingerprint density at radius 1 is 1.24 bits per heavy atom. The molecule has 1 aliphatic rings. The van der Waals surface area contributed by atoms with Crippen LogP contribution in [0.3, 0.4) is 0 Å². The second kappa shape index (κ2) is 5.74. The number of aryl methyl sites for hydroxylation is 1. The van der Waals surface area contributed by atoms with Gasteiger partial charge in [-0.15, -0.1) is 0 Å². The van der Waals surface area contributed by atoms with Crippen molar-refractivity contribution in [1.29, 1.82) is 0 Å². The summed E-state index contributed by atoms with van der Waals surface area (Å²) in [5, 5.41) is 0. The van der Waals surface area contributed by atoms with Crippen LogP contribution in [0.25, 0.3) is 0 Å². The smallest absolute Gasteiger partial charge is 0.124 e. The van der Waals surface area contributed by atoms with E-state index in [1.807, 2.05) is 31.2 Å². The Bertz CT molecular complexity index is 684. The largest absolute Gasteiger partial charge is 0.491 e. The maximum Gasteiger partial charge on any atom is 0.124 e. The van der Waals surface area contributed by atoms with Gasteiger partial charge in [-0.1, -0.05) is 30.4 Å². The summed E-state index contributed by atoms with van der Waals surface area (Å²) in [5.74, 6) is 0.983. The maximum atomic E-state index is 5.81. The van der Waals surface area contributed by atoms with Crippen molar-refractivity contribution in [2.75, 3.05) is 18.1 Å². The number of rotatable bonds is 2. The van der Waals surface area contributed by atoms with E-state index in [1.165, 1.54) is 11.3 Å². The third-order valence-corrected chi connectivity index (χ3v) is 4.01. The maximum absolute atomic E-state index is 5.81. The number of ether oxygens (including phenoxy) is 1. The van der Waals surface area contributed by atoms with E-state index in [0.717, 1.165) is 30.0 Å². The molecule has 0 saturated carbocycles. The molecule has 0 amide bonds. The van der Waals surface area contributed by atoms with Crippen molar-refractivity contribution in [3.8, 4) is 5.75 Å². The molecule has 0 radical (unpaired) electrons. The van der Waals surface area contributed by atoms with Gasteiger partial charge in [-0.25, -0.2) is 0 Å². The van der Waals surface area contributed by atoms with Gasteiger partial charge in [0.2, 0.25) is 0 Å². The van der Waals surface area contributed by atoms with Crippen molar-refractivity contribution in [2.24, 2.45) is 5.73 Å². The first kappa shape index (κ1) is 13.9. The molecule has 0 spiro atoms. The minimum Gasteiger partial charge on any atom is -0.491 e. The second-order valence-corrected chi connectivity index (χ2v) is 5.68. The van der Waals surface area contributed by atoms with E-state index in [2.05, 4.69) is 23.1 Å². The summed E-state index contributed by atoms with van der Waals surface area (Å²) in [4.78, 5) is 2.77. The van der Waals surface area contributed by atoms with Crippen LogP contribution < -0.4 is 15.4 Å². The highest BCUT2D eigenvalue weighted by Gasteiger charge is 2.16. The lowest BCUT2D eigenvalue weighted by atomic mass is 10.1. The Kier molecular flexibility index (Phi) is 3.80. The molecular weight excluding hydrogens is 280 g/mol. The molecule has 0 atom stereocenters. The van der Waals surface area contributed by atoms with Crippen LogP contribution in [-0.2, 0) is 6.54 Å². The van der Waals surface area contributed by atoms with Crippen LogP contribution in [0.5, 0.6) is 5.75 Å². The molecule has 1 aliphatic heterocycles. The quantitative estimate of drug-likeness (QED) is 0.865. The van der Waals surface area contributed by atoms with Crippen molar-refractivity contribution in [2.45, 2.75) is 13.5 Å². The summed E-state index contributed by atoms with van der Waals surface area (Å²) in [5.41, 5.74) is 10.2. The molecule has 2 aromatic rings. The second-order valence-electron chi connectivity index (χ2n) is 5.24. The first-order valence-electron chi connectivity index (χ1n) is 7.01. The van der Waals surface area contributed by atoms with E-state index < -0.39 is 0 Å². The highest BCUT2D eigenvalue weighted by atomic mass is 32.1. The van der Waals surface area contributed by atoms with Gasteiger partial charge in [0.1, 0.15) is 17.3 Å². The average Bonchev–Trinajstić information content (AvgIpc) is 2.68. The number of thiocarbonyl (C=S) groups is 1. The molecule has 0 unspecified atom stereocenters. The van der Waals surface area contributed by atoms with Gasteiger partial charge in [-0.3, -0.25) is 0 Å².